The molecular weight excluding hydrogens is 379 g/mol. The Hall–Kier alpha value is -3.60. The molecule has 0 aliphatic carbocycles. The van der Waals surface area contributed by atoms with Crippen LogP contribution in [0.3, 0.4) is 0 Å². The molecule has 30 heavy (non-hydrogen) atoms. The molecule has 0 N–H and O–H groups in total. The number of fused-ring (bicyclic) bond motifs is 1. The summed E-state index contributed by atoms with van der Waals surface area (Å²) < 4.78 is 21.7. The summed E-state index contributed by atoms with van der Waals surface area (Å²) >= 11 is 0. The lowest BCUT2D eigenvalue weighted by Gasteiger charge is -2.30. The minimum absolute atomic E-state index is 0.376. The molecule has 0 aliphatic rings. The van der Waals surface area contributed by atoms with E-state index >= 15 is 0 Å². The van der Waals surface area contributed by atoms with Crippen molar-refractivity contribution in [1.29, 1.82) is 0 Å². The van der Waals surface area contributed by atoms with Crippen LogP contribution in [-0.4, -0.2) is 16.4 Å². The van der Waals surface area contributed by atoms with Crippen LogP contribution in [0.25, 0.3) is 22.2 Å². The maximum absolute atomic E-state index is 14.2. The van der Waals surface area contributed by atoms with Crippen LogP contribution >= 0.6 is 0 Å². The number of amides is 1. The van der Waals surface area contributed by atoms with E-state index in [0.29, 0.717) is 11.2 Å². The minimum atomic E-state index is -0.689. The van der Waals surface area contributed by atoms with Gasteiger partial charge in [-0.05, 0) is 51.1 Å². The molecule has 4 rings (SSSR count). The van der Waals surface area contributed by atoms with Crippen molar-refractivity contribution in [3.05, 3.63) is 90.7 Å². The number of rotatable bonds is 3. The number of aromatic nitrogens is 1. The maximum atomic E-state index is 14.2. The van der Waals surface area contributed by atoms with Gasteiger partial charge in [0.1, 0.15) is 11.4 Å². The Kier molecular flexibility index (Phi) is 5.04. The molecule has 1 amide bonds. The summed E-state index contributed by atoms with van der Waals surface area (Å²) in [6, 6.07) is 25.4. The molecule has 0 saturated carbocycles. The number of halogens is 1. The monoisotopic (exact) mass is 402 g/mol. The SMILES string of the molecule is CC(C)(C)OC(=O)N(c1ccccc1)n1c(-c2ccccc2)cc2ccc(F)cc21. The fourth-order valence-corrected chi connectivity index (χ4v) is 3.37. The zero-order valence-corrected chi connectivity index (χ0v) is 17.2. The summed E-state index contributed by atoms with van der Waals surface area (Å²) in [5, 5.41) is 2.27. The van der Waals surface area contributed by atoms with Crippen LogP contribution < -0.4 is 5.01 Å². The lowest BCUT2D eigenvalue weighted by molar-refractivity contribution is 0.0567. The summed E-state index contributed by atoms with van der Waals surface area (Å²) in [6.07, 6.45) is -0.548. The van der Waals surface area contributed by atoms with Crippen LogP contribution in [-0.2, 0) is 4.74 Å². The number of nitrogens with zero attached hydrogens (tertiary/aromatic N) is 2. The summed E-state index contributed by atoms with van der Waals surface area (Å²) in [5.41, 5.74) is 2.16. The molecular formula is C25H23FN2O2. The van der Waals surface area contributed by atoms with Crippen molar-refractivity contribution in [2.75, 3.05) is 5.01 Å². The van der Waals surface area contributed by atoms with Crippen molar-refractivity contribution < 1.29 is 13.9 Å². The van der Waals surface area contributed by atoms with E-state index in [4.69, 9.17) is 4.74 Å². The molecule has 0 saturated heterocycles. The Balaban J connectivity index is 2.01. The second-order valence-electron chi connectivity index (χ2n) is 8.04. The van der Waals surface area contributed by atoms with Gasteiger partial charge >= 0.3 is 6.09 Å². The van der Waals surface area contributed by atoms with Gasteiger partial charge in [0.05, 0.1) is 16.9 Å². The van der Waals surface area contributed by atoms with E-state index in [9.17, 15) is 9.18 Å². The van der Waals surface area contributed by atoms with Crippen molar-refractivity contribution in [3.63, 3.8) is 0 Å². The van der Waals surface area contributed by atoms with E-state index in [1.165, 1.54) is 17.1 Å². The lowest BCUT2D eigenvalue weighted by Crippen LogP contribution is -2.40. The van der Waals surface area contributed by atoms with Gasteiger partial charge in [-0.3, -0.25) is 0 Å². The molecule has 0 bridgehead atoms. The Labute approximate surface area is 175 Å². The molecule has 0 spiro atoms. The van der Waals surface area contributed by atoms with Crippen molar-refractivity contribution in [2.24, 2.45) is 0 Å². The number of para-hydroxylation sites is 1. The van der Waals surface area contributed by atoms with Crippen LogP contribution in [0.1, 0.15) is 20.8 Å². The Morgan fingerprint density at radius 3 is 2.17 bits per heavy atom. The number of anilines is 1. The number of hydrogen-bond acceptors (Lipinski definition) is 2. The van der Waals surface area contributed by atoms with E-state index in [0.717, 1.165) is 16.6 Å². The highest BCUT2D eigenvalue weighted by molar-refractivity contribution is 5.95. The van der Waals surface area contributed by atoms with Gasteiger partial charge in [0.2, 0.25) is 0 Å². The number of hydrogen-bond donors (Lipinski definition) is 0. The van der Waals surface area contributed by atoms with E-state index in [-0.39, 0.29) is 5.82 Å². The fourth-order valence-electron chi connectivity index (χ4n) is 3.37. The molecule has 0 radical (unpaired) electrons. The minimum Gasteiger partial charge on any atom is -0.442 e. The first-order valence-corrected chi connectivity index (χ1v) is 9.78. The quantitative estimate of drug-likeness (QED) is 0.384. The summed E-state index contributed by atoms with van der Waals surface area (Å²) in [4.78, 5) is 13.4. The van der Waals surface area contributed by atoms with Gasteiger partial charge in [-0.15, -0.1) is 0 Å². The van der Waals surface area contributed by atoms with Gasteiger partial charge < -0.3 is 4.74 Å². The Morgan fingerprint density at radius 1 is 0.900 bits per heavy atom. The second kappa shape index (κ2) is 7.67. The number of carbonyl (C=O) groups excluding carboxylic acids is 1. The van der Waals surface area contributed by atoms with Crippen LogP contribution in [0.2, 0.25) is 0 Å². The van der Waals surface area contributed by atoms with Gasteiger partial charge in [0.15, 0.2) is 0 Å². The zero-order valence-electron chi connectivity index (χ0n) is 17.2. The van der Waals surface area contributed by atoms with Crippen LogP contribution in [0.15, 0.2) is 84.9 Å². The van der Waals surface area contributed by atoms with Crippen LogP contribution in [0.4, 0.5) is 14.9 Å². The summed E-state index contributed by atoms with van der Waals surface area (Å²) in [6.45, 7) is 5.46. The molecule has 1 aromatic heterocycles. The van der Waals surface area contributed by atoms with Crippen molar-refractivity contribution in [1.82, 2.24) is 4.68 Å². The largest absolute Gasteiger partial charge is 0.442 e. The van der Waals surface area contributed by atoms with Gasteiger partial charge in [0, 0.05) is 17.0 Å². The van der Waals surface area contributed by atoms with Crippen LogP contribution in [0.5, 0.6) is 0 Å². The normalized spacial score (nSPS) is 11.5. The van der Waals surface area contributed by atoms with Crippen LogP contribution in [0, 0.1) is 5.82 Å². The zero-order chi connectivity index (χ0) is 21.3. The summed E-state index contributed by atoms with van der Waals surface area (Å²) in [5.74, 6) is -0.376. The third-order valence-electron chi connectivity index (χ3n) is 4.58. The van der Waals surface area contributed by atoms with Crippen molar-refractivity contribution in [2.45, 2.75) is 26.4 Å². The van der Waals surface area contributed by atoms with Gasteiger partial charge in [-0.2, -0.15) is 5.01 Å². The molecule has 152 valence electrons. The van der Waals surface area contributed by atoms with E-state index in [1.54, 1.807) is 10.7 Å². The third kappa shape index (κ3) is 3.92. The third-order valence-corrected chi connectivity index (χ3v) is 4.58. The smallest absolute Gasteiger partial charge is 0.434 e. The first kappa shape index (κ1) is 19.7. The molecule has 4 aromatic rings. The maximum Gasteiger partial charge on any atom is 0.434 e. The highest BCUT2D eigenvalue weighted by Crippen LogP contribution is 2.32. The number of ether oxygens (including phenoxy) is 1. The van der Waals surface area contributed by atoms with E-state index in [1.807, 2.05) is 87.5 Å². The lowest BCUT2D eigenvalue weighted by atomic mass is 10.1. The van der Waals surface area contributed by atoms with Gasteiger partial charge in [0.25, 0.3) is 0 Å². The first-order valence-electron chi connectivity index (χ1n) is 9.78. The number of benzene rings is 3. The van der Waals surface area contributed by atoms with E-state index < -0.39 is 11.7 Å². The molecule has 0 aliphatic heterocycles. The fraction of sp³-hybridized carbons (Fsp3) is 0.160. The second-order valence-corrected chi connectivity index (χ2v) is 8.04. The molecule has 5 heteroatoms. The van der Waals surface area contributed by atoms with Gasteiger partial charge in [-0.25, -0.2) is 13.9 Å². The molecule has 3 aromatic carbocycles. The number of carbonyl (C=O) groups is 1. The average molecular weight is 402 g/mol. The molecule has 0 atom stereocenters. The predicted molar refractivity (Wildman–Crippen MR) is 118 cm³/mol. The molecule has 4 nitrogen and oxygen atoms in total. The predicted octanol–water partition coefficient (Wildman–Crippen LogP) is 6.65. The molecule has 1 heterocycles. The molecule has 0 fully saturated rings. The van der Waals surface area contributed by atoms with Gasteiger partial charge in [-0.1, -0.05) is 48.5 Å². The Morgan fingerprint density at radius 2 is 1.53 bits per heavy atom. The highest BCUT2D eigenvalue weighted by atomic mass is 19.1. The highest BCUT2D eigenvalue weighted by Gasteiger charge is 2.28. The van der Waals surface area contributed by atoms with E-state index in [2.05, 4.69) is 0 Å². The van der Waals surface area contributed by atoms with Crippen molar-refractivity contribution in [3.8, 4) is 11.3 Å². The first-order chi connectivity index (χ1) is 14.3. The summed E-state index contributed by atoms with van der Waals surface area (Å²) in [7, 11) is 0. The topological polar surface area (TPSA) is 34.5 Å². The average Bonchev–Trinajstić information content (AvgIpc) is 3.07. The van der Waals surface area contributed by atoms with Crippen molar-refractivity contribution >= 4 is 22.7 Å². The molecule has 0 unspecified atom stereocenters. The standard InChI is InChI=1S/C25H23FN2O2/c1-25(2,3)30-24(29)27(21-12-8-5-9-13-21)28-22(18-10-6-4-7-11-18)16-19-14-15-20(26)17-23(19)28/h4-17H,1-3H3. The Bertz CT molecular complexity index is 1180.